The van der Waals surface area contributed by atoms with Crippen molar-refractivity contribution in [2.75, 3.05) is 19.7 Å². The number of benzene rings is 1. The Morgan fingerprint density at radius 3 is 2.87 bits per heavy atom. The van der Waals surface area contributed by atoms with Crippen molar-refractivity contribution in [1.82, 2.24) is 14.7 Å². The maximum absolute atomic E-state index is 12.0. The van der Waals surface area contributed by atoms with Crippen LogP contribution in [0.2, 0.25) is 0 Å². The van der Waals surface area contributed by atoms with Crippen LogP contribution in [0.4, 0.5) is 0 Å². The third kappa shape index (κ3) is 3.78. The van der Waals surface area contributed by atoms with Crippen LogP contribution < -0.4 is 5.73 Å². The number of carbonyl (C=O) groups is 1. The second-order valence-corrected chi connectivity index (χ2v) is 5.94. The molecule has 0 spiro atoms. The number of hydrogen-bond donors (Lipinski definition) is 1. The van der Waals surface area contributed by atoms with E-state index in [0.717, 1.165) is 11.1 Å². The number of nitrogens with two attached hydrogens (primary N) is 1. The van der Waals surface area contributed by atoms with Gasteiger partial charge in [0.15, 0.2) is 0 Å². The Morgan fingerprint density at radius 1 is 1.43 bits per heavy atom. The summed E-state index contributed by atoms with van der Waals surface area (Å²) in [5.41, 5.74) is 7.71. The number of aromatic nitrogens is 2. The summed E-state index contributed by atoms with van der Waals surface area (Å²) in [5, 5.41) is 4.30. The van der Waals surface area contributed by atoms with Crippen LogP contribution in [0.5, 0.6) is 0 Å². The Kier molecular flexibility index (Phi) is 4.73. The molecule has 6 heteroatoms. The SMILES string of the molecule is Cc1cnn(C[C@@H]2CN([C@@H](C(N)=O)c3ccccc3)CCO2)c1. The van der Waals surface area contributed by atoms with Crippen molar-refractivity contribution in [3.05, 3.63) is 53.9 Å². The van der Waals surface area contributed by atoms with E-state index in [2.05, 4.69) is 10.00 Å². The molecule has 1 saturated heterocycles. The maximum atomic E-state index is 12.0. The molecule has 1 aromatic heterocycles. The zero-order valence-electron chi connectivity index (χ0n) is 13.3. The fourth-order valence-electron chi connectivity index (χ4n) is 3.05. The van der Waals surface area contributed by atoms with E-state index in [9.17, 15) is 4.79 Å². The molecule has 23 heavy (non-hydrogen) atoms. The summed E-state index contributed by atoms with van der Waals surface area (Å²) in [4.78, 5) is 14.1. The van der Waals surface area contributed by atoms with Gasteiger partial charge >= 0.3 is 0 Å². The van der Waals surface area contributed by atoms with Crippen molar-refractivity contribution in [3.8, 4) is 0 Å². The van der Waals surface area contributed by atoms with Gasteiger partial charge in [-0.2, -0.15) is 5.10 Å². The first kappa shape index (κ1) is 15.7. The van der Waals surface area contributed by atoms with E-state index in [1.54, 1.807) is 0 Å². The minimum absolute atomic E-state index is 0.00591. The number of aryl methyl sites for hydroxylation is 1. The summed E-state index contributed by atoms with van der Waals surface area (Å²) in [7, 11) is 0. The molecule has 1 aromatic carbocycles. The molecule has 2 aromatic rings. The van der Waals surface area contributed by atoms with Crippen LogP contribution in [0.3, 0.4) is 0 Å². The van der Waals surface area contributed by atoms with Crippen molar-refractivity contribution < 1.29 is 9.53 Å². The van der Waals surface area contributed by atoms with Crippen LogP contribution in [0.25, 0.3) is 0 Å². The lowest BCUT2D eigenvalue weighted by Gasteiger charge is -2.37. The van der Waals surface area contributed by atoms with Gasteiger partial charge in [0, 0.05) is 19.3 Å². The topological polar surface area (TPSA) is 73.4 Å². The van der Waals surface area contributed by atoms with Crippen LogP contribution >= 0.6 is 0 Å². The van der Waals surface area contributed by atoms with Crippen molar-refractivity contribution in [2.45, 2.75) is 25.6 Å². The number of morpholine rings is 1. The van der Waals surface area contributed by atoms with Gasteiger partial charge in [0.1, 0.15) is 6.04 Å². The van der Waals surface area contributed by atoms with Gasteiger partial charge in [-0.05, 0) is 18.1 Å². The van der Waals surface area contributed by atoms with E-state index in [0.29, 0.717) is 26.2 Å². The van der Waals surface area contributed by atoms with Gasteiger partial charge < -0.3 is 10.5 Å². The lowest BCUT2D eigenvalue weighted by Crippen LogP contribution is -2.49. The Balaban J connectivity index is 1.72. The van der Waals surface area contributed by atoms with Crippen molar-refractivity contribution in [1.29, 1.82) is 0 Å². The highest BCUT2D eigenvalue weighted by Gasteiger charge is 2.31. The molecular weight excluding hydrogens is 292 g/mol. The third-order valence-corrected chi connectivity index (χ3v) is 4.07. The highest BCUT2D eigenvalue weighted by molar-refractivity contribution is 5.81. The Bertz CT molecular complexity index is 656. The fraction of sp³-hybridized carbons (Fsp3) is 0.412. The van der Waals surface area contributed by atoms with E-state index in [4.69, 9.17) is 10.5 Å². The van der Waals surface area contributed by atoms with Gasteiger partial charge in [-0.15, -0.1) is 0 Å². The van der Waals surface area contributed by atoms with Crippen LogP contribution in [0.1, 0.15) is 17.2 Å². The minimum atomic E-state index is -0.415. The Hall–Kier alpha value is -2.18. The van der Waals surface area contributed by atoms with Crippen LogP contribution in [-0.4, -0.2) is 46.4 Å². The smallest absolute Gasteiger partial charge is 0.239 e. The van der Waals surface area contributed by atoms with Crippen molar-refractivity contribution >= 4 is 5.91 Å². The summed E-state index contributed by atoms with van der Waals surface area (Å²) >= 11 is 0. The molecule has 1 aliphatic rings. The summed E-state index contributed by atoms with van der Waals surface area (Å²) in [5.74, 6) is -0.327. The highest BCUT2D eigenvalue weighted by Crippen LogP contribution is 2.23. The molecule has 1 aliphatic heterocycles. The summed E-state index contributed by atoms with van der Waals surface area (Å²) < 4.78 is 7.71. The molecule has 1 fully saturated rings. The molecule has 0 aliphatic carbocycles. The third-order valence-electron chi connectivity index (χ3n) is 4.07. The number of amides is 1. The first-order valence-electron chi connectivity index (χ1n) is 7.82. The zero-order chi connectivity index (χ0) is 16.2. The van der Waals surface area contributed by atoms with Gasteiger partial charge in [-0.3, -0.25) is 14.4 Å². The van der Waals surface area contributed by atoms with Gasteiger partial charge in [-0.1, -0.05) is 30.3 Å². The first-order valence-corrected chi connectivity index (χ1v) is 7.82. The molecule has 3 rings (SSSR count). The number of carbonyl (C=O) groups excluding carboxylic acids is 1. The molecule has 2 atom stereocenters. The van der Waals surface area contributed by atoms with Gasteiger partial charge in [0.2, 0.25) is 5.91 Å². The maximum Gasteiger partial charge on any atom is 0.239 e. The average Bonchev–Trinajstić information content (AvgIpc) is 2.94. The Morgan fingerprint density at radius 2 is 2.22 bits per heavy atom. The first-order chi connectivity index (χ1) is 11.1. The lowest BCUT2D eigenvalue weighted by molar-refractivity contribution is -0.127. The van der Waals surface area contributed by atoms with Crippen molar-refractivity contribution in [2.24, 2.45) is 5.73 Å². The molecular formula is C17H22N4O2. The Labute approximate surface area is 135 Å². The van der Waals surface area contributed by atoms with Gasteiger partial charge in [0.05, 0.1) is 25.5 Å². The summed E-state index contributed by atoms with van der Waals surface area (Å²) in [6.07, 6.45) is 3.82. The van der Waals surface area contributed by atoms with Gasteiger partial charge in [-0.25, -0.2) is 0 Å². The normalized spacial score (nSPS) is 20.3. The van der Waals surface area contributed by atoms with E-state index in [1.807, 2.05) is 54.3 Å². The highest BCUT2D eigenvalue weighted by atomic mass is 16.5. The standard InChI is InChI=1S/C17H22N4O2/c1-13-9-19-21(10-13)12-15-11-20(7-8-23-15)16(17(18)22)14-5-3-2-4-6-14/h2-6,9-10,15-16H,7-8,11-12H2,1H3,(H2,18,22)/t15-,16+/m0/s1. The fourth-order valence-corrected chi connectivity index (χ4v) is 3.05. The zero-order valence-corrected chi connectivity index (χ0v) is 13.3. The number of primary amides is 1. The van der Waals surface area contributed by atoms with E-state index >= 15 is 0 Å². The van der Waals surface area contributed by atoms with Crippen LogP contribution in [0, 0.1) is 6.92 Å². The second-order valence-electron chi connectivity index (χ2n) is 5.94. The molecule has 0 bridgehead atoms. The second kappa shape index (κ2) is 6.93. The molecule has 0 radical (unpaired) electrons. The van der Waals surface area contributed by atoms with E-state index in [-0.39, 0.29) is 12.0 Å². The predicted octanol–water partition coefficient (Wildman–Crippen LogP) is 1.12. The molecule has 0 saturated carbocycles. The van der Waals surface area contributed by atoms with Gasteiger partial charge in [0.25, 0.3) is 0 Å². The number of rotatable bonds is 5. The molecule has 2 N–H and O–H groups in total. The quantitative estimate of drug-likeness (QED) is 0.897. The summed E-state index contributed by atoms with van der Waals surface area (Å²) in [6.45, 7) is 4.61. The summed E-state index contributed by atoms with van der Waals surface area (Å²) in [6, 6.07) is 9.25. The van der Waals surface area contributed by atoms with Crippen molar-refractivity contribution in [3.63, 3.8) is 0 Å². The van der Waals surface area contributed by atoms with E-state index < -0.39 is 6.04 Å². The molecule has 1 amide bonds. The largest absolute Gasteiger partial charge is 0.374 e. The molecule has 0 unspecified atom stereocenters. The number of ether oxygens (including phenoxy) is 1. The van der Waals surface area contributed by atoms with Crippen LogP contribution in [0.15, 0.2) is 42.7 Å². The minimum Gasteiger partial charge on any atom is -0.374 e. The molecule has 122 valence electrons. The predicted molar refractivity (Wildman–Crippen MR) is 86.7 cm³/mol. The average molecular weight is 314 g/mol. The molecule has 6 nitrogen and oxygen atoms in total. The number of hydrogen-bond acceptors (Lipinski definition) is 4. The van der Waals surface area contributed by atoms with E-state index in [1.165, 1.54) is 0 Å². The molecule has 2 heterocycles. The number of nitrogens with zero attached hydrogens (tertiary/aromatic N) is 3. The van der Waals surface area contributed by atoms with Crippen LogP contribution in [-0.2, 0) is 16.1 Å². The monoisotopic (exact) mass is 314 g/mol. The lowest BCUT2D eigenvalue weighted by atomic mass is 10.0.